The summed E-state index contributed by atoms with van der Waals surface area (Å²) in [5.41, 5.74) is 0.488. The Balaban J connectivity index is 1.41. The number of rotatable bonds is 8. The van der Waals surface area contributed by atoms with Gasteiger partial charge in [-0.2, -0.15) is 0 Å². The molecule has 1 amide bonds. The van der Waals surface area contributed by atoms with Crippen LogP contribution in [-0.2, 0) is 10.0 Å². The van der Waals surface area contributed by atoms with Gasteiger partial charge in [0.05, 0.1) is 4.90 Å². The Hall–Kier alpha value is -1.44. The van der Waals surface area contributed by atoms with Crippen molar-refractivity contribution in [1.29, 1.82) is 0 Å². The Kier molecular flexibility index (Phi) is 6.32. The summed E-state index contributed by atoms with van der Waals surface area (Å²) in [6.07, 6.45) is 5.25. The van der Waals surface area contributed by atoms with Crippen molar-refractivity contribution in [1.82, 2.24) is 14.9 Å². The molecule has 1 aromatic rings. The highest BCUT2D eigenvalue weighted by molar-refractivity contribution is 7.89. The lowest BCUT2D eigenvalue weighted by Crippen LogP contribution is -2.35. The van der Waals surface area contributed by atoms with Gasteiger partial charge in [0.15, 0.2) is 0 Å². The highest BCUT2D eigenvalue weighted by atomic mass is 32.2. The van der Waals surface area contributed by atoms with Crippen molar-refractivity contribution in [2.24, 2.45) is 5.92 Å². The van der Waals surface area contributed by atoms with E-state index < -0.39 is 10.0 Å². The minimum absolute atomic E-state index is 0.0751. The van der Waals surface area contributed by atoms with Crippen molar-refractivity contribution >= 4 is 15.9 Å². The van der Waals surface area contributed by atoms with Gasteiger partial charge < -0.3 is 10.2 Å². The Labute approximate surface area is 156 Å². The lowest BCUT2D eigenvalue weighted by molar-refractivity contribution is 0.0950. The molecule has 1 saturated carbocycles. The zero-order valence-corrected chi connectivity index (χ0v) is 16.2. The van der Waals surface area contributed by atoms with Crippen LogP contribution in [0.25, 0.3) is 0 Å². The lowest BCUT2D eigenvalue weighted by Gasteiger charge is -2.30. The van der Waals surface area contributed by atoms with Crippen LogP contribution >= 0.6 is 0 Å². The maximum atomic E-state index is 12.2. The third-order valence-corrected chi connectivity index (χ3v) is 6.68. The molecule has 1 saturated heterocycles. The van der Waals surface area contributed by atoms with Gasteiger partial charge in [-0.05, 0) is 81.9 Å². The minimum Gasteiger partial charge on any atom is -0.352 e. The average molecular weight is 380 g/mol. The van der Waals surface area contributed by atoms with Crippen LogP contribution in [0.2, 0.25) is 0 Å². The summed E-state index contributed by atoms with van der Waals surface area (Å²) in [5, 5.41) is 2.92. The number of carbonyl (C=O) groups is 1. The molecular weight excluding hydrogens is 350 g/mol. The summed E-state index contributed by atoms with van der Waals surface area (Å²) in [6, 6.07) is 6.21. The zero-order valence-electron chi connectivity index (χ0n) is 15.4. The number of nitrogens with one attached hydrogen (secondary N) is 2. The Bertz CT molecular complexity index is 706. The predicted molar refractivity (Wildman–Crippen MR) is 102 cm³/mol. The summed E-state index contributed by atoms with van der Waals surface area (Å²) >= 11 is 0. The summed E-state index contributed by atoms with van der Waals surface area (Å²) in [6.45, 7) is 6.25. The van der Waals surface area contributed by atoms with Gasteiger partial charge in [0, 0.05) is 18.2 Å². The molecule has 0 radical (unpaired) electrons. The fourth-order valence-corrected chi connectivity index (χ4v) is 4.47. The molecule has 0 bridgehead atoms. The first-order valence-corrected chi connectivity index (χ1v) is 11.1. The number of amides is 1. The standard InChI is InChI=1S/C19H29N3O3S/c1-15-9-13-22(14-10-15)12-2-11-20-19(23)16-3-7-18(8-4-16)26(24,25)21-17-5-6-17/h3-4,7-8,15,17,21H,2,5-6,9-14H2,1H3,(H,20,23). The summed E-state index contributed by atoms with van der Waals surface area (Å²) < 4.78 is 26.9. The first kappa shape index (κ1) is 19.3. The van der Waals surface area contributed by atoms with E-state index in [1.807, 2.05) is 0 Å². The number of nitrogens with zero attached hydrogens (tertiary/aromatic N) is 1. The number of hydrogen-bond donors (Lipinski definition) is 2. The van der Waals surface area contributed by atoms with Gasteiger partial charge in [0.25, 0.3) is 5.91 Å². The van der Waals surface area contributed by atoms with Gasteiger partial charge >= 0.3 is 0 Å². The number of hydrogen-bond acceptors (Lipinski definition) is 4. The van der Waals surface area contributed by atoms with E-state index in [2.05, 4.69) is 21.9 Å². The summed E-state index contributed by atoms with van der Waals surface area (Å²) in [4.78, 5) is 14.9. The van der Waals surface area contributed by atoms with Crippen molar-refractivity contribution in [3.8, 4) is 0 Å². The maximum absolute atomic E-state index is 12.2. The van der Waals surface area contributed by atoms with Crippen LogP contribution in [0, 0.1) is 5.92 Å². The van der Waals surface area contributed by atoms with Crippen molar-refractivity contribution < 1.29 is 13.2 Å². The lowest BCUT2D eigenvalue weighted by atomic mass is 9.99. The van der Waals surface area contributed by atoms with Crippen LogP contribution in [0.4, 0.5) is 0 Å². The fourth-order valence-electron chi connectivity index (χ4n) is 3.17. The zero-order chi connectivity index (χ0) is 18.6. The molecule has 0 unspecified atom stereocenters. The first-order chi connectivity index (χ1) is 12.4. The molecule has 1 heterocycles. The summed E-state index contributed by atoms with van der Waals surface area (Å²) in [5.74, 6) is 0.675. The SMILES string of the molecule is CC1CCN(CCCNC(=O)c2ccc(S(=O)(=O)NC3CC3)cc2)CC1. The van der Waals surface area contributed by atoms with Gasteiger partial charge in [-0.1, -0.05) is 6.92 Å². The third-order valence-electron chi connectivity index (χ3n) is 5.14. The molecule has 1 aliphatic heterocycles. The largest absolute Gasteiger partial charge is 0.352 e. The average Bonchev–Trinajstić information content (AvgIpc) is 3.43. The van der Waals surface area contributed by atoms with Crippen molar-refractivity contribution in [3.05, 3.63) is 29.8 Å². The van der Waals surface area contributed by atoms with Crippen LogP contribution < -0.4 is 10.0 Å². The maximum Gasteiger partial charge on any atom is 0.251 e. The second-order valence-electron chi connectivity index (χ2n) is 7.55. The molecule has 6 nitrogen and oxygen atoms in total. The Morgan fingerprint density at radius 2 is 1.77 bits per heavy atom. The second kappa shape index (κ2) is 8.50. The molecular formula is C19H29N3O3S. The molecule has 144 valence electrons. The Morgan fingerprint density at radius 3 is 2.38 bits per heavy atom. The number of likely N-dealkylation sites (tertiary alicyclic amines) is 1. The number of piperidine rings is 1. The van der Waals surface area contributed by atoms with Crippen molar-refractivity contribution in [3.63, 3.8) is 0 Å². The Morgan fingerprint density at radius 1 is 1.12 bits per heavy atom. The van der Waals surface area contributed by atoms with E-state index in [4.69, 9.17) is 0 Å². The smallest absolute Gasteiger partial charge is 0.251 e. The van der Waals surface area contributed by atoms with Gasteiger partial charge in [-0.3, -0.25) is 4.79 Å². The van der Waals surface area contributed by atoms with E-state index in [0.717, 1.165) is 44.8 Å². The van der Waals surface area contributed by atoms with Crippen LogP contribution in [0.15, 0.2) is 29.2 Å². The molecule has 1 aromatic carbocycles. The van der Waals surface area contributed by atoms with E-state index >= 15 is 0 Å². The molecule has 2 aliphatic rings. The van der Waals surface area contributed by atoms with Gasteiger partial charge in [-0.25, -0.2) is 13.1 Å². The van der Waals surface area contributed by atoms with E-state index in [0.29, 0.717) is 12.1 Å². The molecule has 0 spiro atoms. The molecule has 1 aliphatic carbocycles. The molecule has 0 atom stereocenters. The second-order valence-corrected chi connectivity index (χ2v) is 9.27. The van der Waals surface area contributed by atoms with Crippen LogP contribution in [0.1, 0.15) is 49.4 Å². The van der Waals surface area contributed by atoms with E-state index in [-0.39, 0.29) is 16.8 Å². The monoisotopic (exact) mass is 379 g/mol. The highest BCUT2D eigenvalue weighted by Crippen LogP contribution is 2.22. The molecule has 26 heavy (non-hydrogen) atoms. The van der Waals surface area contributed by atoms with Crippen LogP contribution in [-0.4, -0.2) is 51.4 Å². The normalized spacial score (nSPS) is 19.4. The fraction of sp³-hybridized carbons (Fsp3) is 0.632. The summed E-state index contributed by atoms with van der Waals surface area (Å²) in [7, 11) is -3.46. The molecule has 2 N–H and O–H groups in total. The van der Waals surface area contributed by atoms with Gasteiger partial charge in [-0.15, -0.1) is 0 Å². The van der Waals surface area contributed by atoms with Crippen molar-refractivity contribution in [2.45, 2.75) is 50.0 Å². The van der Waals surface area contributed by atoms with E-state index in [9.17, 15) is 13.2 Å². The molecule has 2 fully saturated rings. The first-order valence-electron chi connectivity index (χ1n) is 9.57. The molecule has 3 rings (SSSR count). The minimum atomic E-state index is -3.46. The predicted octanol–water partition coefficient (Wildman–Crippen LogP) is 1.98. The van der Waals surface area contributed by atoms with Gasteiger partial charge in [0.1, 0.15) is 0 Å². The van der Waals surface area contributed by atoms with Crippen LogP contribution in [0.5, 0.6) is 0 Å². The van der Waals surface area contributed by atoms with E-state index in [1.165, 1.54) is 25.0 Å². The highest BCUT2D eigenvalue weighted by Gasteiger charge is 2.27. The topological polar surface area (TPSA) is 78.5 Å². The van der Waals surface area contributed by atoms with Gasteiger partial charge in [0.2, 0.25) is 10.0 Å². The van der Waals surface area contributed by atoms with Crippen molar-refractivity contribution in [2.75, 3.05) is 26.2 Å². The number of benzene rings is 1. The van der Waals surface area contributed by atoms with Crippen LogP contribution in [0.3, 0.4) is 0 Å². The number of sulfonamides is 1. The quantitative estimate of drug-likeness (QED) is 0.677. The van der Waals surface area contributed by atoms with E-state index in [1.54, 1.807) is 12.1 Å². The molecule has 0 aromatic heterocycles. The molecule has 7 heteroatoms. The number of carbonyl (C=O) groups excluding carboxylic acids is 1. The third kappa shape index (κ3) is 5.53.